The average Bonchev–Trinajstić information content (AvgIpc) is 2.89. The Balaban J connectivity index is 2.26. The monoisotopic (exact) mass is 313 g/mol. The molecular weight excluding hydrogens is 297 g/mol. The fourth-order valence-electron chi connectivity index (χ4n) is 2.22. The van der Waals surface area contributed by atoms with Gasteiger partial charge in [-0.3, -0.25) is 4.99 Å². The van der Waals surface area contributed by atoms with E-state index in [2.05, 4.69) is 11.6 Å². The highest BCUT2D eigenvalue weighted by Crippen LogP contribution is 2.41. The van der Waals surface area contributed by atoms with Gasteiger partial charge >= 0.3 is 0 Å². The number of benzene rings is 1. The largest absolute Gasteiger partial charge is 0.489 e. The molecule has 1 aliphatic heterocycles. The first-order valence-electron chi connectivity index (χ1n) is 6.55. The van der Waals surface area contributed by atoms with Gasteiger partial charge in [0.05, 0.1) is 23.2 Å². The van der Waals surface area contributed by atoms with Crippen LogP contribution in [-0.2, 0) is 4.74 Å². The first-order valence-corrected chi connectivity index (χ1v) is 7.30. The summed E-state index contributed by atoms with van der Waals surface area (Å²) >= 11 is 12.5. The molecule has 0 saturated heterocycles. The Morgan fingerprint density at radius 2 is 2.20 bits per heavy atom. The van der Waals surface area contributed by atoms with Crippen molar-refractivity contribution < 1.29 is 9.47 Å². The Morgan fingerprint density at radius 1 is 1.40 bits per heavy atom. The fraction of sp³-hybridized carbons (Fsp3) is 0.400. The Hall–Kier alpha value is -1.19. The lowest BCUT2D eigenvalue weighted by Crippen LogP contribution is -2.07. The van der Waals surface area contributed by atoms with E-state index in [0.29, 0.717) is 29.8 Å². The topological polar surface area (TPSA) is 30.8 Å². The van der Waals surface area contributed by atoms with E-state index in [-0.39, 0.29) is 5.92 Å². The number of halogens is 2. The van der Waals surface area contributed by atoms with Crippen LogP contribution in [0, 0.1) is 0 Å². The molecule has 0 unspecified atom stereocenters. The van der Waals surface area contributed by atoms with E-state index in [0.717, 1.165) is 23.6 Å². The second-order valence-corrected chi connectivity index (χ2v) is 5.23. The third-order valence-electron chi connectivity index (χ3n) is 3.08. The highest BCUT2D eigenvalue weighted by molar-refractivity contribution is 6.42. The zero-order valence-electron chi connectivity index (χ0n) is 11.4. The van der Waals surface area contributed by atoms with E-state index in [9.17, 15) is 0 Å². The van der Waals surface area contributed by atoms with Crippen LogP contribution in [0.2, 0.25) is 10.0 Å². The van der Waals surface area contributed by atoms with Crippen molar-refractivity contribution in [2.75, 3.05) is 19.8 Å². The first kappa shape index (κ1) is 15.2. The lowest BCUT2D eigenvalue weighted by molar-refractivity contribution is 0.319. The molecule has 1 aliphatic rings. The van der Waals surface area contributed by atoms with E-state index in [4.69, 9.17) is 32.7 Å². The molecule has 0 N–H and O–H groups in total. The van der Waals surface area contributed by atoms with Crippen molar-refractivity contribution in [3.8, 4) is 5.75 Å². The van der Waals surface area contributed by atoms with Gasteiger partial charge in [0.15, 0.2) is 5.90 Å². The van der Waals surface area contributed by atoms with Crippen LogP contribution in [0.3, 0.4) is 0 Å². The average molecular weight is 314 g/mol. The van der Waals surface area contributed by atoms with E-state index >= 15 is 0 Å². The summed E-state index contributed by atoms with van der Waals surface area (Å²) in [5.41, 5.74) is 0.902. The highest BCUT2D eigenvalue weighted by Gasteiger charge is 2.27. The summed E-state index contributed by atoms with van der Waals surface area (Å²) in [7, 11) is 0. The third kappa shape index (κ3) is 3.28. The molecule has 0 aliphatic carbocycles. The van der Waals surface area contributed by atoms with Gasteiger partial charge in [-0.05, 0) is 19.1 Å². The van der Waals surface area contributed by atoms with Crippen molar-refractivity contribution in [1.29, 1.82) is 0 Å². The number of ether oxygens (including phenoxy) is 2. The van der Waals surface area contributed by atoms with Gasteiger partial charge in [-0.1, -0.05) is 35.9 Å². The summed E-state index contributed by atoms with van der Waals surface area (Å²) in [4.78, 5) is 4.39. The van der Waals surface area contributed by atoms with Crippen molar-refractivity contribution in [3.05, 3.63) is 40.4 Å². The summed E-state index contributed by atoms with van der Waals surface area (Å²) in [6, 6.07) is 3.58. The first-order chi connectivity index (χ1) is 9.67. The SMILES string of the molecule is C=CCOc1ccc(Cl)c(Cl)c1[C@H]1CN=C(OCC)C1. The maximum Gasteiger partial charge on any atom is 0.183 e. The summed E-state index contributed by atoms with van der Waals surface area (Å²) in [5, 5.41) is 1.06. The predicted molar refractivity (Wildman–Crippen MR) is 83.4 cm³/mol. The summed E-state index contributed by atoms with van der Waals surface area (Å²) in [6.45, 7) is 7.28. The lowest BCUT2D eigenvalue weighted by atomic mass is 9.96. The molecule has 1 aromatic carbocycles. The molecule has 0 amide bonds. The molecule has 20 heavy (non-hydrogen) atoms. The smallest absolute Gasteiger partial charge is 0.183 e. The molecule has 0 radical (unpaired) electrons. The predicted octanol–water partition coefficient (Wildman–Crippen LogP) is 4.48. The minimum absolute atomic E-state index is 0.141. The minimum Gasteiger partial charge on any atom is -0.489 e. The summed E-state index contributed by atoms with van der Waals surface area (Å²) in [6.07, 6.45) is 2.42. The van der Waals surface area contributed by atoms with Gasteiger partial charge in [0.25, 0.3) is 0 Å². The zero-order chi connectivity index (χ0) is 14.5. The van der Waals surface area contributed by atoms with Gasteiger partial charge in [0.2, 0.25) is 0 Å². The second kappa shape index (κ2) is 7.00. The normalized spacial score (nSPS) is 17.8. The van der Waals surface area contributed by atoms with Crippen LogP contribution in [0.5, 0.6) is 5.75 Å². The van der Waals surface area contributed by atoms with Gasteiger partial charge in [0, 0.05) is 17.9 Å². The Kier molecular flexibility index (Phi) is 5.32. The van der Waals surface area contributed by atoms with Crippen LogP contribution in [0.1, 0.15) is 24.8 Å². The third-order valence-corrected chi connectivity index (χ3v) is 3.90. The number of aliphatic imine (C=N–C) groups is 1. The van der Waals surface area contributed by atoms with E-state index in [1.807, 2.05) is 13.0 Å². The molecule has 0 bridgehead atoms. The highest BCUT2D eigenvalue weighted by atomic mass is 35.5. The quantitative estimate of drug-likeness (QED) is 0.750. The molecular formula is C15H17Cl2NO2. The molecule has 0 saturated carbocycles. The molecule has 0 fully saturated rings. The van der Waals surface area contributed by atoms with E-state index in [1.165, 1.54) is 0 Å². The van der Waals surface area contributed by atoms with Crippen molar-refractivity contribution in [3.63, 3.8) is 0 Å². The van der Waals surface area contributed by atoms with Gasteiger partial charge in [-0.25, -0.2) is 0 Å². The van der Waals surface area contributed by atoms with Crippen LogP contribution >= 0.6 is 23.2 Å². The molecule has 3 nitrogen and oxygen atoms in total. The van der Waals surface area contributed by atoms with Crippen LogP contribution < -0.4 is 4.74 Å². The number of hydrogen-bond acceptors (Lipinski definition) is 3. The fourth-order valence-corrected chi connectivity index (χ4v) is 2.70. The van der Waals surface area contributed by atoms with Gasteiger partial charge in [0.1, 0.15) is 12.4 Å². The van der Waals surface area contributed by atoms with Crippen molar-refractivity contribution in [2.24, 2.45) is 4.99 Å². The maximum absolute atomic E-state index is 6.35. The molecule has 1 aromatic rings. The van der Waals surface area contributed by atoms with Crippen LogP contribution in [-0.4, -0.2) is 25.7 Å². The van der Waals surface area contributed by atoms with E-state index in [1.54, 1.807) is 12.1 Å². The Labute approximate surface area is 129 Å². The number of nitrogens with zero attached hydrogens (tertiary/aromatic N) is 1. The van der Waals surface area contributed by atoms with E-state index < -0.39 is 0 Å². The Morgan fingerprint density at radius 3 is 2.90 bits per heavy atom. The van der Waals surface area contributed by atoms with Crippen LogP contribution in [0.15, 0.2) is 29.8 Å². The molecule has 2 rings (SSSR count). The molecule has 1 atom stereocenters. The maximum atomic E-state index is 6.35. The zero-order valence-corrected chi connectivity index (χ0v) is 12.9. The van der Waals surface area contributed by atoms with Gasteiger partial charge in [-0.2, -0.15) is 0 Å². The summed E-state index contributed by atoms with van der Waals surface area (Å²) < 4.78 is 11.1. The van der Waals surface area contributed by atoms with Crippen molar-refractivity contribution in [1.82, 2.24) is 0 Å². The van der Waals surface area contributed by atoms with Crippen LogP contribution in [0.4, 0.5) is 0 Å². The van der Waals surface area contributed by atoms with Crippen molar-refractivity contribution >= 4 is 29.1 Å². The molecule has 1 heterocycles. The Bertz CT molecular complexity index is 529. The number of hydrogen-bond donors (Lipinski definition) is 0. The van der Waals surface area contributed by atoms with Crippen molar-refractivity contribution in [2.45, 2.75) is 19.3 Å². The van der Waals surface area contributed by atoms with Gasteiger partial charge < -0.3 is 9.47 Å². The van der Waals surface area contributed by atoms with Crippen LogP contribution in [0.25, 0.3) is 0 Å². The molecule has 108 valence electrons. The lowest BCUT2D eigenvalue weighted by Gasteiger charge is -2.17. The van der Waals surface area contributed by atoms with Gasteiger partial charge in [-0.15, -0.1) is 0 Å². The number of rotatable bonds is 5. The molecule has 0 spiro atoms. The standard InChI is InChI=1S/C15H17Cl2NO2/c1-3-7-20-12-6-5-11(16)15(17)14(12)10-8-13(18-9-10)19-4-2/h3,5-6,10H,1,4,7-9H2,2H3/t10-/m1/s1. The summed E-state index contributed by atoms with van der Waals surface area (Å²) in [5.74, 6) is 1.64. The second-order valence-electron chi connectivity index (χ2n) is 4.44. The molecule has 0 aromatic heterocycles. The minimum atomic E-state index is 0.141. The molecule has 5 heteroatoms.